The predicted octanol–water partition coefficient (Wildman–Crippen LogP) is 6.08. The number of halogens is 2. The molecule has 0 spiro atoms. The quantitative estimate of drug-likeness (QED) is 0.0478. The van der Waals surface area contributed by atoms with Crippen LogP contribution in [0.2, 0.25) is 0 Å². The highest BCUT2D eigenvalue weighted by atomic mass is 19.1. The number of alkyl carbamates (subject to hydrolysis) is 1. The summed E-state index contributed by atoms with van der Waals surface area (Å²) in [6.45, 7) is 3.84. The van der Waals surface area contributed by atoms with Gasteiger partial charge < -0.3 is 28.4 Å². The molecule has 66 heavy (non-hydrogen) atoms. The van der Waals surface area contributed by atoms with Crippen molar-refractivity contribution < 1.29 is 42.1 Å². The van der Waals surface area contributed by atoms with Gasteiger partial charge in [-0.2, -0.15) is 0 Å². The molecule has 2 N–H and O–H groups in total. The number of nitrogens with zero attached hydrogens (tertiary/aromatic N) is 7. The molecule has 0 bridgehead atoms. The summed E-state index contributed by atoms with van der Waals surface area (Å²) in [4.78, 5) is 87.1. The molecule has 2 aliphatic heterocycles. The molecule has 3 aliphatic rings. The molecule has 2 aromatic heterocycles. The lowest BCUT2D eigenvalue weighted by Gasteiger charge is -2.49. The van der Waals surface area contributed by atoms with Gasteiger partial charge in [0, 0.05) is 41.9 Å². The Morgan fingerprint density at radius 3 is 2.26 bits per heavy atom. The van der Waals surface area contributed by atoms with Gasteiger partial charge in [-0.1, -0.05) is 65.8 Å². The van der Waals surface area contributed by atoms with Gasteiger partial charge in [-0.05, 0) is 56.3 Å². The van der Waals surface area contributed by atoms with Crippen molar-refractivity contribution in [3.05, 3.63) is 155 Å². The molecule has 1 aliphatic carbocycles. The number of benzene rings is 3. The molecule has 3 aromatic carbocycles. The fourth-order valence-corrected chi connectivity index (χ4v) is 8.49. The zero-order valence-electron chi connectivity index (χ0n) is 36.0. The number of aryl methyl sites for hydroxylation is 1. The summed E-state index contributed by atoms with van der Waals surface area (Å²) in [6.07, 6.45) is -1.51. The van der Waals surface area contributed by atoms with Crippen molar-refractivity contribution in [3.63, 3.8) is 0 Å². The van der Waals surface area contributed by atoms with Crippen LogP contribution in [0.25, 0.3) is 21.3 Å². The molecule has 6 atom stereocenters. The minimum Gasteiger partial charge on any atom is -0.459 e. The van der Waals surface area contributed by atoms with Crippen molar-refractivity contribution >= 4 is 34.7 Å². The highest BCUT2D eigenvalue weighted by Crippen LogP contribution is 2.41. The third kappa shape index (κ3) is 9.20. The predicted molar refractivity (Wildman–Crippen MR) is 232 cm³/mol. The van der Waals surface area contributed by atoms with Gasteiger partial charge in [0.1, 0.15) is 55.4 Å². The molecule has 5 aromatic rings. The van der Waals surface area contributed by atoms with E-state index in [1.165, 1.54) is 27.5 Å². The Kier molecular flexibility index (Phi) is 12.9. The third-order valence-corrected chi connectivity index (χ3v) is 11.9. The van der Waals surface area contributed by atoms with Crippen LogP contribution in [0.1, 0.15) is 72.4 Å². The molecular weight excluding hydrogens is 865 g/mol. The van der Waals surface area contributed by atoms with E-state index in [0.717, 1.165) is 22.4 Å². The monoisotopic (exact) mass is 909 g/mol. The molecular formula is C45H45F2N9O10. The molecule has 6 unspecified atom stereocenters. The van der Waals surface area contributed by atoms with Crippen LogP contribution in [0.15, 0.2) is 98.6 Å². The Labute approximate surface area is 374 Å². The number of nitrogens with one attached hydrogen (secondary N) is 2. The summed E-state index contributed by atoms with van der Waals surface area (Å²) < 4.78 is 59.2. The first-order valence-corrected chi connectivity index (χ1v) is 21.2. The zero-order chi connectivity index (χ0) is 46.8. The summed E-state index contributed by atoms with van der Waals surface area (Å²) in [5, 5.41) is 5.97. The molecule has 2 amide bonds. The third-order valence-electron chi connectivity index (χ3n) is 11.9. The van der Waals surface area contributed by atoms with Gasteiger partial charge in [-0.25, -0.2) is 28.0 Å². The summed E-state index contributed by atoms with van der Waals surface area (Å²) >= 11 is 0. The SMILES string of the molecule is Cc1cn(C2CC(N=[N+]=[N-])C(COC(=O)c3cn(C4CC4)c4c(F)c(N5CC(C)N(C(=O)OCc6ccccc6)C(C)C5NC(=O)OCc5ccccc5)c(F)cc4c3=O)O2)c(=O)[nH]c1=O. The Morgan fingerprint density at radius 2 is 1.61 bits per heavy atom. The second kappa shape index (κ2) is 18.9. The molecule has 8 rings (SSSR count). The molecule has 4 heterocycles. The van der Waals surface area contributed by atoms with E-state index in [-0.39, 0.29) is 43.3 Å². The van der Waals surface area contributed by atoms with E-state index in [1.54, 1.807) is 68.4 Å². The largest absolute Gasteiger partial charge is 0.459 e. The number of anilines is 1. The number of carbonyl (C=O) groups excluding carboxylic acids is 3. The van der Waals surface area contributed by atoms with Crippen LogP contribution in [0, 0.1) is 18.6 Å². The van der Waals surface area contributed by atoms with Gasteiger partial charge >= 0.3 is 23.8 Å². The number of hydrogen-bond acceptors (Lipinski definition) is 12. The summed E-state index contributed by atoms with van der Waals surface area (Å²) in [5.41, 5.74) is 7.04. The minimum atomic E-state index is -1.29. The van der Waals surface area contributed by atoms with Gasteiger partial charge in [0.05, 0.1) is 29.0 Å². The smallest absolute Gasteiger partial charge is 0.410 e. The average Bonchev–Trinajstić information content (AvgIpc) is 4.07. The maximum absolute atomic E-state index is 17.4. The first-order chi connectivity index (χ1) is 31.7. The van der Waals surface area contributed by atoms with E-state index in [9.17, 15) is 34.3 Å². The van der Waals surface area contributed by atoms with Crippen molar-refractivity contribution in [2.45, 2.75) is 95.9 Å². The summed E-state index contributed by atoms with van der Waals surface area (Å²) in [6, 6.07) is 15.7. The standard InChI is InChI=1S/C45H45F2N9O10/c1-24-18-54(43(60)50-41(24)58)35-17-33(51-52-48)34(66-35)23-63-42(59)31-20-53(29-14-15-29)37-30(39(31)57)16-32(46)38(36(37)47)55-19-25(2)56(45(62)65-22-28-12-8-5-9-13-28)26(3)40(55)49-44(61)64-21-27-10-6-4-7-11-27/h4-13,16,18,20,25-26,29,33-35,40H,14-15,17,19,21-23H2,1-3H3,(H,49,61)(H,50,58,60). The van der Waals surface area contributed by atoms with Crippen LogP contribution in [-0.4, -0.2) is 80.7 Å². The van der Waals surface area contributed by atoms with Crippen molar-refractivity contribution in [1.82, 2.24) is 24.3 Å². The molecule has 1 saturated carbocycles. The van der Waals surface area contributed by atoms with Crippen LogP contribution in [0.5, 0.6) is 0 Å². The van der Waals surface area contributed by atoms with Gasteiger partial charge in [0.2, 0.25) is 5.43 Å². The number of carbonyl (C=O) groups is 3. The van der Waals surface area contributed by atoms with E-state index in [1.807, 2.05) is 6.07 Å². The number of rotatable bonds is 12. The van der Waals surface area contributed by atoms with Crippen LogP contribution in [-0.2, 0) is 32.2 Å². The van der Waals surface area contributed by atoms with Gasteiger partial charge in [-0.15, -0.1) is 0 Å². The number of pyridine rings is 1. The lowest BCUT2D eigenvalue weighted by molar-refractivity contribution is -0.0363. The maximum Gasteiger partial charge on any atom is 0.410 e. The number of H-pyrrole nitrogens is 1. The fraction of sp³-hybridized carbons (Fsp3) is 0.378. The van der Waals surface area contributed by atoms with E-state index in [2.05, 4.69) is 20.3 Å². The Balaban J connectivity index is 1.09. The van der Waals surface area contributed by atoms with Crippen LogP contribution >= 0.6 is 0 Å². The highest BCUT2D eigenvalue weighted by molar-refractivity contribution is 5.95. The molecule has 2 saturated heterocycles. The number of esters is 1. The lowest BCUT2D eigenvalue weighted by atomic mass is 10.0. The van der Waals surface area contributed by atoms with E-state index >= 15 is 8.78 Å². The van der Waals surface area contributed by atoms with Gasteiger partial charge in [0.15, 0.2) is 5.82 Å². The lowest BCUT2D eigenvalue weighted by Crippen LogP contribution is -2.69. The van der Waals surface area contributed by atoms with E-state index in [0.29, 0.717) is 18.4 Å². The Hall–Kier alpha value is -7.51. The average molecular weight is 910 g/mol. The Morgan fingerprint density at radius 1 is 0.939 bits per heavy atom. The van der Waals surface area contributed by atoms with Crippen molar-refractivity contribution in [2.24, 2.45) is 5.11 Å². The molecule has 344 valence electrons. The minimum absolute atomic E-state index is 0.0147. The number of ether oxygens (including phenoxy) is 4. The van der Waals surface area contributed by atoms with Gasteiger partial charge in [0.25, 0.3) is 5.56 Å². The molecule has 19 nitrogen and oxygen atoms in total. The summed E-state index contributed by atoms with van der Waals surface area (Å²) in [7, 11) is 0. The van der Waals surface area contributed by atoms with Crippen LogP contribution in [0.3, 0.4) is 0 Å². The zero-order valence-corrected chi connectivity index (χ0v) is 36.0. The first-order valence-electron chi connectivity index (χ1n) is 21.2. The fourth-order valence-electron chi connectivity index (χ4n) is 8.49. The van der Waals surface area contributed by atoms with Crippen LogP contribution in [0.4, 0.5) is 24.1 Å². The first kappa shape index (κ1) is 45.1. The maximum atomic E-state index is 17.4. The van der Waals surface area contributed by atoms with Crippen LogP contribution < -0.4 is 26.9 Å². The highest BCUT2D eigenvalue weighted by Gasteiger charge is 2.45. The summed E-state index contributed by atoms with van der Waals surface area (Å²) in [5.74, 6) is -3.49. The van der Waals surface area contributed by atoms with Crippen molar-refractivity contribution in [3.8, 4) is 0 Å². The number of amides is 2. The van der Waals surface area contributed by atoms with Crippen molar-refractivity contribution in [1.29, 1.82) is 0 Å². The number of fused-ring (bicyclic) bond motifs is 1. The number of hydrogen-bond donors (Lipinski definition) is 2. The topological polar surface area (TPSA) is 232 Å². The van der Waals surface area contributed by atoms with Crippen molar-refractivity contribution in [2.75, 3.05) is 18.1 Å². The number of piperazine rings is 1. The number of azide groups is 1. The number of aromatic amines is 1. The van der Waals surface area contributed by atoms with Gasteiger partial charge in [-0.3, -0.25) is 29.4 Å². The molecule has 21 heteroatoms. The Bertz CT molecular complexity index is 2900. The van der Waals surface area contributed by atoms with E-state index in [4.69, 9.17) is 18.9 Å². The second-order valence-corrected chi connectivity index (χ2v) is 16.5. The second-order valence-electron chi connectivity index (χ2n) is 16.5. The number of aromatic nitrogens is 3. The van der Waals surface area contributed by atoms with E-state index < -0.39 is 106 Å². The molecule has 0 radical (unpaired) electrons. The molecule has 3 fully saturated rings. The normalized spacial score (nSPS) is 21.5.